The standard InChI is InChI=1S/C22H40OSi/c1-7-8-15-20-17-12-13-18-21(20)16-11-9-10-14-19-23-24(5,6)22(2,3)4/h8,13,15,17-18,21H,7,9-12,14,16,19H2,1-6H3/b15-8-. The summed E-state index contributed by atoms with van der Waals surface area (Å²) in [4.78, 5) is 0. The number of allylic oxidation sites excluding steroid dienone is 6. The molecule has 0 N–H and O–H groups in total. The fraction of sp³-hybridized carbons (Fsp3) is 0.727. The molecule has 24 heavy (non-hydrogen) atoms. The van der Waals surface area contributed by atoms with Gasteiger partial charge in [-0.3, -0.25) is 0 Å². The molecule has 0 aromatic rings. The van der Waals surface area contributed by atoms with Gasteiger partial charge < -0.3 is 4.43 Å². The Morgan fingerprint density at radius 2 is 1.88 bits per heavy atom. The third-order valence-electron chi connectivity index (χ3n) is 5.51. The summed E-state index contributed by atoms with van der Waals surface area (Å²) in [6.45, 7) is 14.8. The Morgan fingerprint density at radius 1 is 1.17 bits per heavy atom. The molecule has 1 rings (SSSR count). The van der Waals surface area contributed by atoms with Gasteiger partial charge in [-0.2, -0.15) is 0 Å². The Hall–Kier alpha value is -0.603. The third kappa shape index (κ3) is 7.52. The van der Waals surface area contributed by atoms with Gasteiger partial charge in [0.25, 0.3) is 0 Å². The number of hydrogen-bond acceptors (Lipinski definition) is 1. The highest BCUT2D eigenvalue weighted by Crippen LogP contribution is 2.36. The first-order chi connectivity index (χ1) is 11.3. The van der Waals surface area contributed by atoms with Crippen LogP contribution in [-0.4, -0.2) is 14.9 Å². The summed E-state index contributed by atoms with van der Waals surface area (Å²) in [7, 11) is -1.55. The first-order valence-corrected chi connectivity index (χ1v) is 12.9. The molecular weight excluding hydrogens is 308 g/mol. The second kappa shape index (κ2) is 10.4. The second-order valence-corrected chi connectivity index (χ2v) is 13.4. The van der Waals surface area contributed by atoms with Crippen molar-refractivity contribution in [2.24, 2.45) is 5.92 Å². The molecule has 138 valence electrons. The summed E-state index contributed by atoms with van der Waals surface area (Å²) in [6.07, 6.45) is 20.4. The van der Waals surface area contributed by atoms with E-state index in [1.54, 1.807) is 0 Å². The van der Waals surface area contributed by atoms with E-state index in [4.69, 9.17) is 4.43 Å². The van der Waals surface area contributed by atoms with Crippen molar-refractivity contribution in [2.45, 2.75) is 90.8 Å². The van der Waals surface area contributed by atoms with Crippen LogP contribution in [0.2, 0.25) is 18.1 Å². The molecule has 0 bridgehead atoms. The molecule has 0 saturated heterocycles. The van der Waals surface area contributed by atoms with Crippen molar-refractivity contribution in [2.75, 3.05) is 6.61 Å². The van der Waals surface area contributed by atoms with Gasteiger partial charge in [-0.25, -0.2) is 0 Å². The summed E-state index contributed by atoms with van der Waals surface area (Å²) in [5, 5.41) is 0.328. The van der Waals surface area contributed by atoms with E-state index in [9.17, 15) is 0 Å². The van der Waals surface area contributed by atoms with Gasteiger partial charge in [0.15, 0.2) is 8.32 Å². The van der Waals surface area contributed by atoms with Crippen LogP contribution in [0, 0.1) is 5.92 Å². The fourth-order valence-electron chi connectivity index (χ4n) is 2.78. The van der Waals surface area contributed by atoms with Gasteiger partial charge in [0.1, 0.15) is 0 Å². The van der Waals surface area contributed by atoms with Crippen molar-refractivity contribution in [3.63, 3.8) is 0 Å². The van der Waals surface area contributed by atoms with Gasteiger partial charge in [-0.05, 0) is 49.4 Å². The van der Waals surface area contributed by atoms with E-state index < -0.39 is 8.32 Å². The zero-order chi connectivity index (χ0) is 18.1. The van der Waals surface area contributed by atoms with Crippen molar-refractivity contribution >= 4 is 8.32 Å². The van der Waals surface area contributed by atoms with Crippen LogP contribution in [0.3, 0.4) is 0 Å². The van der Waals surface area contributed by atoms with Crippen LogP contribution in [0.15, 0.2) is 36.0 Å². The molecule has 0 aliphatic heterocycles. The number of hydrogen-bond donors (Lipinski definition) is 0. The summed E-state index contributed by atoms with van der Waals surface area (Å²) in [5.41, 5.74) is 1.53. The quantitative estimate of drug-likeness (QED) is 0.226. The lowest BCUT2D eigenvalue weighted by molar-refractivity contribution is 0.277. The van der Waals surface area contributed by atoms with Gasteiger partial charge >= 0.3 is 0 Å². The van der Waals surface area contributed by atoms with Crippen molar-refractivity contribution in [3.05, 3.63) is 36.0 Å². The minimum absolute atomic E-state index is 0.328. The third-order valence-corrected chi connectivity index (χ3v) is 10.0. The molecule has 0 amide bonds. The van der Waals surface area contributed by atoms with Crippen molar-refractivity contribution in [1.82, 2.24) is 0 Å². The molecule has 1 aliphatic rings. The van der Waals surface area contributed by atoms with Crippen LogP contribution < -0.4 is 0 Å². The van der Waals surface area contributed by atoms with Gasteiger partial charge in [-0.1, -0.05) is 77.3 Å². The summed E-state index contributed by atoms with van der Waals surface area (Å²) in [6, 6.07) is 0. The smallest absolute Gasteiger partial charge is 0.191 e. The van der Waals surface area contributed by atoms with E-state index in [1.807, 2.05) is 0 Å². The van der Waals surface area contributed by atoms with Crippen molar-refractivity contribution in [3.8, 4) is 0 Å². The molecule has 1 nitrogen and oxygen atoms in total. The lowest BCUT2D eigenvalue weighted by Crippen LogP contribution is -2.40. The van der Waals surface area contributed by atoms with Gasteiger partial charge in [-0.15, -0.1) is 0 Å². The summed E-state index contributed by atoms with van der Waals surface area (Å²) >= 11 is 0. The van der Waals surface area contributed by atoms with Gasteiger partial charge in [0.2, 0.25) is 0 Å². The van der Waals surface area contributed by atoms with Crippen LogP contribution in [0.1, 0.15) is 72.6 Å². The van der Waals surface area contributed by atoms with Crippen molar-refractivity contribution < 1.29 is 4.43 Å². The van der Waals surface area contributed by atoms with E-state index >= 15 is 0 Å². The molecule has 0 saturated carbocycles. The molecule has 0 aromatic heterocycles. The van der Waals surface area contributed by atoms with E-state index in [0.717, 1.165) is 19.4 Å². The summed E-state index contributed by atoms with van der Waals surface area (Å²) in [5.74, 6) is 0.644. The average molecular weight is 349 g/mol. The molecular formula is C22H40OSi. The Labute approximate surface area is 152 Å². The highest BCUT2D eigenvalue weighted by Gasteiger charge is 2.36. The van der Waals surface area contributed by atoms with Crippen LogP contribution >= 0.6 is 0 Å². The first kappa shape index (κ1) is 21.4. The minimum atomic E-state index is -1.55. The predicted molar refractivity (Wildman–Crippen MR) is 111 cm³/mol. The molecule has 1 atom stereocenters. The number of unbranched alkanes of at least 4 members (excludes halogenated alkanes) is 3. The largest absolute Gasteiger partial charge is 0.417 e. The Balaban J connectivity index is 2.18. The summed E-state index contributed by atoms with van der Waals surface area (Å²) < 4.78 is 6.26. The highest BCUT2D eigenvalue weighted by molar-refractivity contribution is 6.74. The normalized spacial score (nSPS) is 19.1. The Kier molecular flexibility index (Phi) is 9.29. The van der Waals surface area contributed by atoms with Crippen LogP contribution in [0.4, 0.5) is 0 Å². The van der Waals surface area contributed by atoms with E-state index in [0.29, 0.717) is 11.0 Å². The minimum Gasteiger partial charge on any atom is -0.417 e. The maximum absolute atomic E-state index is 6.26. The fourth-order valence-corrected chi connectivity index (χ4v) is 3.87. The molecule has 0 fully saturated rings. The Bertz CT molecular complexity index is 437. The molecule has 0 spiro atoms. The first-order valence-electron chi connectivity index (χ1n) is 9.95. The van der Waals surface area contributed by atoms with E-state index in [1.165, 1.54) is 37.7 Å². The predicted octanol–water partition coefficient (Wildman–Crippen LogP) is 7.43. The van der Waals surface area contributed by atoms with Crippen LogP contribution in [0.25, 0.3) is 0 Å². The maximum Gasteiger partial charge on any atom is 0.191 e. The van der Waals surface area contributed by atoms with Gasteiger partial charge in [0.05, 0.1) is 0 Å². The maximum atomic E-state index is 6.26. The van der Waals surface area contributed by atoms with E-state index in [2.05, 4.69) is 71.2 Å². The lowest BCUT2D eigenvalue weighted by atomic mass is 9.88. The monoisotopic (exact) mass is 348 g/mol. The Morgan fingerprint density at radius 3 is 2.54 bits per heavy atom. The lowest BCUT2D eigenvalue weighted by Gasteiger charge is -2.36. The topological polar surface area (TPSA) is 9.23 Å². The highest BCUT2D eigenvalue weighted by atomic mass is 28.4. The molecule has 0 heterocycles. The number of rotatable bonds is 10. The SMILES string of the molecule is CC/C=C\C1=CCC=CC1CCCCCCO[Si](C)(C)C(C)(C)C. The molecule has 2 heteroatoms. The van der Waals surface area contributed by atoms with Gasteiger partial charge in [0, 0.05) is 12.5 Å². The average Bonchev–Trinajstić information content (AvgIpc) is 2.51. The second-order valence-electron chi connectivity index (χ2n) is 8.60. The molecule has 1 unspecified atom stereocenters. The molecule has 0 aromatic carbocycles. The molecule has 1 aliphatic carbocycles. The zero-order valence-electron chi connectivity index (χ0n) is 17.0. The molecule has 0 radical (unpaired) electrons. The van der Waals surface area contributed by atoms with E-state index in [-0.39, 0.29) is 0 Å². The van der Waals surface area contributed by atoms with Crippen LogP contribution in [-0.2, 0) is 4.43 Å². The zero-order valence-corrected chi connectivity index (χ0v) is 18.0. The van der Waals surface area contributed by atoms with Crippen LogP contribution in [0.5, 0.6) is 0 Å². The van der Waals surface area contributed by atoms with Crippen molar-refractivity contribution in [1.29, 1.82) is 0 Å².